The standard InChI is InChI=1S/C21H21FN6OS/c22-15-6-8-16(9-7-15)28-21(24)17(14-23)18(27-28)4-3-12-25-19(29)10-13-30-20-5-1-2-11-26-20/h1-2,5-9,11H,3-4,10,12-13,24H2,(H,25,29). The first-order valence-corrected chi connectivity index (χ1v) is 10.4. The highest BCUT2D eigenvalue weighted by atomic mass is 32.2. The summed E-state index contributed by atoms with van der Waals surface area (Å²) in [6.07, 6.45) is 3.23. The lowest BCUT2D eigenvalue weighted by Crippen LogP contribution is -2.25. The third-order valence-electron chi connectivity index (χ3n) is 4.31. The summed E-state index contributed by atoms with van der Waals surface area (Å²) in [5.74, 6) is 0.476. The topological polar surface area (TPSA) is 110 Å². The summed E-state index contributed by atoms with van der Waals surface area (Å²) in [6.45, 7) is 0.473. The van der Waals surface area contributed by atoms with Gasteiger partial charge in [0.25, 0.3) is 0 Å². The number of rotatable bonds is 9. The minimum Gasteiger partial charge on any atom is -0.382 e. The molecule has 3 N–H and O–H groups in total. The zero-order valence-corrected chi connectivity index (χ0v) is 17.0. The highest BCUT2D eigenvalue weighted by Crippen LogP contribution is 2.21. The number of anilines is 1. The van der Waals surface area contributed by atoms with Crippen molar-refractivity contribution in [2.45, 2.75) is 24.3 Å². The van der Waals surface area contributed by atoms with Crippen LogP contribution >= 0.6 is 11.8 Å². The molecule has 3 rings (SSSR count). The Morgan fingerprint density at radius 1 is 1.27 bits per heavy atom. The van der Waals surface area contributed by atoms with E-state index in [-0.39, 0.29) is 17.5 Å². The molecule has 1 aromatic carbocycles. The van der Waals surface area contributed by atoms with Crippen molar-refractivity contribution < 1.29 is 9.18 Å². The second kappa shape index (κ2) is 10.4. The number of carbonyl (C=O) groups excluding carboxylic acids is 1. The summed E-state index contributed by atoms with van der Waals surface area (Å²) < 4.78 is 14.6. The Morgan fingerprint density at radius 2 is 2.07 bits per heavy atom. The van der Waals surface area contributed by atoms with E-state index in [0.29, 0.717) is 48.5 Å². The number of hydrogen-bond acceptors (Lipinski definition) is 6. The molecule has 0 saturated carbocycles. The number of benzene rings is 1. The van der Waals surface area contributed by atoms with E-state index >= 15 is 0 Å². The van der Waals surface area contributed by atoms with Gasteiger partial charge in [-0.3, -0.25) is 4.79 Å². The lowest BCUT2D eigenvalue weighted by atomic mass is 10.1. The third-order valence-corrected chi connectivity index (χ3v) is 5.25. The van der Waals surface area contributed by atoms with E-state index in [1.165, 1.54) is 28.6 Å². The Bertz CT molecular complexity index is 1030. The van der Waals surface area contributed by atoms with E-state index in [9.17, 15) is 14.4 Å². The number of carbonyl (C=O) groups is 1. The average Bonchev–Trinajstić information content (AvgIpc) is 3.08. The Hall–Kier alpha value is -3.38. The van der Waals surface area contributed by atoms with Crippen molar-refractivity contribution in [3.8, 4) is 11.8 Å². The maximum atomic E-state index is 13.1. The molecule has 2 aromatic heterocycles. The molecule has 1 amide bonds. The van der Waals surface area contributed by atoms with Gasteiger partial charge in [-0.25, -0.2) is 14.1 Å². The van der Waals surface area contributed by atoms with Gasteiger partial charge in [-0.2, -0.15) is 10.4 Å². The molecule has 0 fully saturated rings. The van der Waals surface area contributed by atoms with Crippen molar-refractivity contribution in [1.82, 2.24) is 20.1 Å². The summed E-state index contributed by atoms with van der Waals surface area (Å²) in [5.41, 5.74) is 7.48. The fourth-order valence-corrected chi connectivity index (χ4v) is 3.61. The average molecular weight is 425 g/mol. The van der Waals surface area contributed by atoms with Crippen molar-refractivity contribution in [2.75, 3.05) is 18.0 Å². The molecule has 2 heterocycles. The number of amides is 1. The van der Waals surface area contributed by atoms with Crippen LogP contribution in [0.4, 0.5) is 10.2 Å². The summed E-state index contributed by atoms with van der Waals surface area (Å²) in [6, 6.07) is 13.5. The Kier molecular flexibility index (Phi) is 7.40. The first-order chi connectivity index (χ1) is 14.6. The van der Waals surface area contributed by atoms with Gasteiger partial charge in [0, 0.05) is 24.9 Å². The second-order valence-electron chi connectivity index (χ2n) is 6.43. The van der Waals surface area contributed by atoms with Gasteiger partial charge in [-0.1, -0.05) is 6.07 Å². The number of nitriles is 1. The molecule has 0 unspecified atom stereocenters. The molecule has 30 heavy (non-hydrogen) atoms. The number of aromatic nitrogens is 3. The predicted molar refractivity (Wildman–Crippen MR) is 114 cm³/mol. The molecule has 7 nitrogen and oxygen atoms in total. The molecule has 0 aliphatic carbocycles. The lowest BCUT2D eigenvalue weighted by molar-refractivity contribution is -0.120. The number of aryl methyl sites for hydroxylation is 1. The predicted octanol–water partition coefficient (Wildman–Crippen LogP) is 3.09. The number of nitrogen functional groups attached to an aromatic ring is 1. The Labute approximate surface area is 178 Å². The summed E-state index contributed by atoms with van der Waals surface area (Å²) in [4.78, 5) is 16.2. The molecular formula is C21H21FN6OS. The van der Waals surface area contributed by atoms with Gasteiger partial charge in [0.1, 0.15) is 23.3 Å². The van der Waals surface area contributed by atoms with Crippen LogP contribution in [0.1, 0.15) is 24.1 Å². The summed E-state index contributed by atoms with van der Waals surface area (Å²) in [7, 11) is 0. The quantitative estimate of drug-likeness (QED) is 0.403. The smallest absolute Gasteiger partial charge is 0.220 e. The molecule has 0 radical (unpaired) electrons. The molecule has 9 heteroatoms. The van der Waals surface area contributed by atoms with Gasteiger partial charge in [0.15, 0.2) is 0 Å². The number of pyridine rings is 1. The van der Waals surface area contributed by atoms with Crippen LogP contribution in [0.3, 0.4) is 0 Å². The SMILES string of the molecule is N#Cc1c(CCCNC(=O)CCSc2ccccn2)nn(-c2ccc(F)cc2)c1N. The highest BCUT2D eigenvalue weighted by molar-refractivity contribution is 7.99. The highest BCUT2D eigenvalue weighted by Gasteiger charge is 2.16. The van der Waals surface area contributed by atoms with E-state index in [4.69, 9.17) is 5.73 Å². The van der Waals surface area contributed by atoms with Gasteiger partial charge in [0.05, 0.1) is 16.4 Å². The van der Waals surface area contributed by atoms with Crippen LogP contribution in [0.15, 0.2) is 53.7 Å². The molecule has 0 bridgehead atoms. The second-order valence-corrected chi connectivity index (χ2v) is 7.54. The van der Waals surface area contributed by atoms with Crippen molar-refractivity contribution in [1.29, 1.82) is 5.26 Å². The minimum absolute atomic E-state index is 0.0321. The molecule has 0 atom stereocenters. The number of nitrogens with one attached hydrogen (secondary N) is 1. The van der Waals surface area contributed by atoms with Gasteiger partial charge in [-0.05, 0) is 49.2 Å². The van der Waals surface area contributed by atoms with Gasteiger partial charge >= 0.3 is 0 Å². The Morgan fingerprint density at radius 3 is 2.77 bits per heavy atom. The van der Waals surface area contributed by atoms with Crippen LogP contribution in [0, 0.1) is 17.1 Å². The number of nitrogens with zero attached hydrogens (tertiary/aromatic N) is 4. The molecule has 3 aromatic rings. The first-order valence-electron chi connectivity index (χ1n) is 9.42. The summed E-state index contributed by atoms with van der Waals surface area (Å²) in [5, 5.41) is 17.6. The van der Waals surface area contributed by atoms with Crippen LogP contribution in [0.5, 0.6) is 0 Å². The fourth-order valence-electron chi connectivity index (χ4n) is 2.81. The van der Waals surface area contributed by atoms with Crippen molar-refractivity contribution in [3.63, 3.8) is 0 Å². The van der Waals surface area contributed by atoms with Crippen LogP contribution in [-0.2, 0) is 11.2 Å². The third kappa shape index (κ3) is 5.58. The monoisotopic (exact) mass is 424 g/mol. The van der Waals surface area contributed by atoms with Gasteiger partial charge in [0.2, 0.25) is 5.91 Å². The number of hydrogen-bond donors (Lipinski definition) is 2. The Balaban J connectivity index is 1.47. The van der Waals surface area contributed by atoms with Crippen molar-refractivity contribution >= 4 is 23.5 Å². The zero-order chi connectivity index (χ0) is 21.3. The number of halogens is 1. The molecule has 154 valence electrons. The molecule has 0 aliphatic heterocycles. The van der Waals surface area contributed by atoms with E-state index in [1.807, 2.05) is 18.2 Å². The van der Waals surface area contributed by atoms with Crippen LogP contribution in [-0.4, -0.2) is 33.0 Å². The number of nitrogens with two attached hydrogens (primary N) is 1. The maximum absolute atomic E-state index is 13.1. The van der Waals surface area contributed by atoms with Crippen LogP contribution < -0.4 is 11.1 Å². The number of thioether (sulfide) groups is 1. The van der Waals surface area contributed by atoms with Crippen molar-refractivity contribution in [3.05, 3.63) is 65.7 Å². The van der Waals surface area contributed by atoms with Crippen LogP contribution in [0.2, 0.25) is 0 Å². The van der Waals surface area contributed by atoms with E-state index in [0.717, 1.165) is 5.03 Å². The van der Waals surface area contributed by atoms with E-state index in [1.54, 1.807) is 18.3 Å². The molecule has 0 spiro atoms. The molecular weight excluding hydrogens is 403 g/mol. The largest absolute Gasteiger partial charge is 0.382 e. The summed E-state index contributed by atoms with van der Waals surface area (Å²) >= 11 is 1.53. The van der Waals surface area contributed by atoms with Gasteiger partial charge < -0.3 is 11.1 Å². The van der Waals surface area contributed by atoms with Crippen molar-refractivity contribution in [2.24, 2.45) is 0 Å². The molecule has 0 aliphatic rings. The molecule has 0 saturated heterocycles. The fraction of sp³-hybridized carbons (Fsp3) is 0.238. The minimum atomic E-state index is -0.362. The zero-order valence-electron chi connectivity index (χ0n) is 16.2. The lowest BCUT2D eigenvalue weighted by Gasteiger charge is -2.05. The van der Waals surface area contributed by atoms with Crippen LogP contribution in [0.25, 0.3) is 5.69 Å². The first kappa shape index (κ1) is 21.3. The normalized spacial score (nSPS) is 10.5. The van der Waals surface area contributed by atoms with E-state index < -0.39 is 0 Å². The maximum Gasteiger partial charge on any atom is 0.220 e. The van der Waals surface area contributed by atoms with E-state index in [2.05, 4.69) is 21.5 Å². The van der Waals surface area contributed by atoms with Gasteiger partial charge in [-0.15, -0.1) is 11.8 Å².